The molecule has 1 aromatic heterocycles. The van der Waals surface area contributed by atoms with E-state index in [2.05, 4.69) is 4.72 Å². The number of aromatic carboxylic acids is 1. The Morgan fingerprint density at radius 1 is 1.47 bits per heavy atom. The summed E-state index contributed by atoms with van der Waals surface area (Å²) in [6.45, 7) is 3.83. The van der Waals surface area contributed by atoms with Crippen molar-refractivity contribution in [1.29, 1.82) is 0 Å². The molecule has 6 nitrogen and oxygen atoms in total. The fourth-order valence-corrected chi connectivity index (χ4v) is 3.69. The van der Waals surface area contributed by atoms with Gasteiger partial charge in [-0.15, -0.1) is 11.3 Å². The molecule has 0 fully saturated rings. The zero-order valence-corrected chi connectivity index (χ0v) is 12.3. The smallest absolute Gasteiger partial charge is 0.345 e. The second kappa shape index (κ2) is 6.00. The molecular formula is C11H17NO5S2. The minimum absolute atomic E-state index is 0.0175. The Labute approximate surface area is 116 Å². The van der Waals surface area contributed by atoms with Crippen molar-refractivity contribution in [2.75, 3.05) is 13.2 Å². The van der Waals surface area contributed by atoms with E-state index >= 15 is 0 Å². The minimum Gasteiger partial charge on any atom is -0.477 e. The molecule has 0 amide bonds. The molecule has 0 bridgehead atoms. The highest BCUT2D eigenvalue weighted by Crippen LogP contribution is 2.22. The summed E-state index contributed by atoms with van der Waals surface area (Å²) in [6.07, 6.45) is 0.472. The fraction of sp³-hybridized carbons (Fsp3) is 0.545. The highest BCUT2D eigenvalue weighted by atomic mass is 32.2. The third-order valence-electron chi connectivity index (χ3n) is 2.63. The van der Waals surface area contributed by atoms with Crippen LogP contribution in [0.2, 0.25) is 0 Å². The Morgan fingerprint density at radius 2 is 2.11 bits per heavy atom. The van der Waals surface area contributed by atoms with E-state index in [0.29, 0.717) is 6.42 Å². The van der Waals surface area contributed by atoms with E-state index in [-0.39, 0.29) is 28.3 Å². The van der Waals surface area contributed by atoms with Gasteiger partial charge in [0.15, 0.2) is 0 Å². The highest BCUT2D eigenvalue weighted by Gasteiger charge is 2.23. The predicted molar refractivity (Wildman–Crippen MR) is 72.0 cm³/mol. The van der Waals surface area contributed by atoms with Crippen molar-refractivity contribution in [3.8, 4) is 0 Å². The Balaban J connectivity index is 2.78. The Hall–Kier alpha value is -0.960. The third-order valence-corrected chi connectivity index (χ3v) is 5.07. The average Bonchev–Trinajstić information content (AvgIpc) is 2.77. The number of aliphatic hydroxyl groups excluding tert-OH is 1. The van der Waals surface area contributed by atoms with E-state index in [9.17, 15) is 13.2 Å². The molecule has 0 aliphatic rings. The Kier molecular flexibility index (Phi) is 5.08. The number of rotatable bonds is 7. The summed E-state index contributed by atoms with van der Waals surface area (Å²) < 4.78 is 26.3. The number of carboxylic acids is 1. The first-order chi connectivity index (χ1) is 8.68. The SMILES string of the molecule is CC(C)(CCO)CNS(=O)(=O)c1csc(C(=O)O)c1. The second-order valence-electron chi connectivity index (χ2n) is 4.91. The van der Waals surface area contributed by atoms with Crippen molar-refractivity contribution in [3.05, 3.63) is 16.3 Å². The first-order valence-electron chi connectivity index (χ1n) is 5.60. The van der Waals surface area contributed by atoms with Gasteiger partial charge in [0, 0.05) is 18.5 Å². The number of carboxylic acid groups (broad SMARTS) is 1. The molecule has 108 valence electrons. The minimum atomic E-state index is -3.71. The highest BCUT2D eigenvalue weighted by molar-refractivity contribution is 7.89. The summed E-state index contributed by atoms with van der Waals surface area (Å²) in [4.78, 5) is 10.6. The van der Waals surface area contributed by atoms with Crippen molar-refractivity contribution >= 4 is 27.3 Å². The topological polar surface area (TPSA) is 104 Å². The molecule has 0 unspecified atom stereocenters. The summed E-state index contributed by atoms with van der Waals surface area (Å²) in [5.41, 5.74) is -0.368. The van der Waals surface area contributed by atoms with E-state index < -0.39 is 16.0 Å². The quantitative estimate of drug-likeness (QED) is 0.700. The molecule has 1 heterocycles. The maximum absolute atomic E-state index is 12.0. The van der Waals surface area contributed by atoms with E-state index in [1.807, 2.05) is 13.8 Å². The van der Waals surface area contributed by atoms with Gasteiger partial charge in [-0.1, -0.05) is 13.8 Å². The van der Waals surface area contributed by atoms with Gasteiger partial charge in [-0.2, -0.15) is 0 Å². The third kappa shape index (κ3) is 4.57. The van der Waals surface area contributed by atoms with Crippen LogP contribution in [0.5, 0.6) is 0 Å². The van der Waals surface area contributed by atoms with Crippen LogP contribution in [-0.4, -0.2) is 37.8 Å². The molecule has 0 aliphatic heterocycles. The van der Waals surface area contributed by atoms with E-state index in [4.69, 9.17) is 10.2 Å². The van der Waals surface area contributed by atoms with Crippen LogP contribution in [0.4, 0.5) is 0 Å². The summed E-state index contributed by atoms with van der Waals surface area (Å²) >= 11 is 0.869. The molecular weight excluding hydrogens is 290 g/mol. The maximum Gasteiger partial charge on any atom is 0.345 e. The first-order valence-corrected chi connectivity index (χ1v) is 7.96. The van der Waals surface area contributed by atoms with E-state index in [0.717, 1.165) is 17.4 Å². The lowest BCUT2D eigenvalue weighted by Gasteiger charge is -2.23. The van der Waals surface area contributed by atoms with Crippen LogP contribution in [0.1, 0.15) is 29.9 Å². The van der Waals surface area contributed by atoms with Gasteiger partial charge in [0.2, 0.25) is 10.0 Å². The number of aliphatic hydroxyl groups is 1. The number of thiophene rings is 1. The van der Waals surface area contributed by atoms with Crippen LogP contribution in [0.3, 0.4) is 0 Å². The zero-order valence-electron chi connectivity index (χ0n) is 10.7. The molecule has 0 spiro atoms. The summed E-state index contributed by atoms with van der Waals surface area (Å²) in [6, 6.07) is 1.13. The molecule has 3 N–H and O–H groups in total. The molecule has 0 saturated heterocycles. The second-order valence-corrected chi connectivity index (χ2v) is 7.59. The Bertz CT molecular complexity index is 547. The molecule has 19 heavy (non-hydrogen) atoms. The van der Waals surface area contributed by atoms with E-state index in [1.54, 1.807) is 0 Å². The standard InChI is InChI=1S/C11H17NO5S2/c1-11(2,3-4-13)7-12-19(16,17)8-5-9(10(14)15)18-6-8/h5-6,12-13H,3-4,7H2,1-2H3,(H,14,15). The lowest BCUT2D eigenvalue weighted by atomic mass is 9.90. The molecule has 0 aliphatic carbocycles. The molecule has 0 saturated carbocycles. The van der Waals surface area contributed by atoms with Crippen LogP contribution in [0, 0.1) is 5.41 Å². The van der Waals surface area contributed by atoms with Gasteiger partial charge in [-0.25, -0.2) is 17.9 Å². The maximum atomic E-state index is 12.0. The molecule has 0 radical (unpaired) electrons. The number of hydrogen-bond acceptors (Lipinski definition) is 5. The molecule has 1 aromatic rings. The lowest BCUT2D eigenvalue weighted by Crippen LogP contribution is -2.34. The summed E-state index contributed by atoms with van der Waals surface area (Å²) in [5.74, 6) is -1.15. The van der Waals surface area contributed by atoms with Crippen LogP contribution in [0.15, 0.2) is 16.3 Å². The van der Waals surface area contributed by atoms with Crippen molar-refractivity contribution in [2.45, 2.75) is 25.2 Å². The van der Waals surface area contributed by atoms with Crippen LogP contribution < -0.4 is 4.72 Å². The van der Waals surface area contributed by atoms with Gasteiger partial charge in [0.1, 0.15) is 4.88 Å². The fourth-order valence-electron chi connectivity index (χ4n) is 1.34. The van der Waals surface area contributed by atoms with Crippen molar-refractivity contribution < 1.29 is 23.4 Å². The summed E-state index contributed by atoms with van der Waals surface area (Å²) in [7, 11) is -3.71. The van der Waals surface area contributed by atoms with Gasteiger partial charge < -0.3 is 10.2 Å². The molecule has 0 atom stereocenters. The number of hydrogen-bond donors (Lipinski definition) is 3. The number of nitrogens with one attached hydrogen (secondary N) is 1. The van der Waals surface area contributed by atoms with Gasteiger partial charge in [0.05, 0.1) is 4.90 Å². The van der Waals surface area contributed by atoms with Gasteiger partial charge in [-0.05, 0) is 17.9 Å². The molecule has 1 rings (SSSR count). The zero-order chi connectivity index (χ0) is 14.7. The van der Waals surface area contributed by atoms with E-state index in [1.165, 1.54) is 5.38 Å². The largest absolute Gasteiger partial charge is 0.477 e. The van der Waals surface area contributed by atoms with Crippen molar-refractivity contribution in [1.82, 2.24) is 4.72 Å². The van der Waals surface area contributed by atoms with Gasteiger partial charge >= 0.3 is 5.97 Å². The monoisotopic (exact) mass is 307 g/mol. The van der Waals surface area contributed by atoms with Crippen LogP contribution >= 0.6 is 11.3 Å². The van der Waals surface area contributed by atoms with Crippen molar-refractivity contribution in [3.63, 3.8) is 0 Å². The average molecular weight is 307 g/mol. The van der Waals surface area contributed by atoms with Crippen LogP contribution in [0.25, 0.3) is 0 Å². The summed E-state index contributed by atoms with van der Waals surface area (Å²) in [5, 5.41) is 18.9. The first kappa shape index (κ1) is 16.1. The number of carbonyl (C=O) groups is 1. The van der Waals surface area contributed by atoms with Gasteiger partial charge in [-0.3, -0.25) is 0 Å². The van der Waals surface area contributed by atoms with Gasteiger partial charge in [0.25, 0.3) is 0 Å². The van der Waals surface area contributed by atoms with Crippen molar-refractivity contribution in [2.24, 2.45) is 5.41 Å². The molecule has 0 aromatic carbocycles. The normalized spacial score (nSPS) is 12.6. The lowest BCUT2D eigenvalue weighted by molar-refractivity contribution is 0.0702. The van der Waals surface area contributed by atoms with Crippen LogP contribution in [-0.2, 0) is 10.0 Å². The number of sulfonamides is 1. The Morgan fingerprint density at radius 3 is 2.58 bits per heavy atom. The molecule has 8 heteroatoms. The predicted octanol–water partition coefficient (Wildman–Crippen LogP) is 1.13.